The van der Waals surface area contributed by atoms with Gasteiger partial charge in [0.1, 0.15) is 0 Å². The van der Waals surface area contributed by atoms with Crippen LogP contribution in [0.2, 0.25) is 0 Å². The molecule has 3 aromatic carbocycles. The molecule has 0 radical (unpaired) electrons. The van der Waals surface area contributed by atoms with Gasteiger partial charge in [-0.25, -0.2) is 4.98 Å². The van der Waals surface area contributed by atoms with Crippen molar-refractivity contribution < 1.29 is 4.79 Å². The lowest BCUT2D eigenvalue weighted by Gasteiger charge is -2.10. The summed E-state index contributed by atoms with van der Waals surface area (Å²) < 4.78 is 2.98. The second-order valence-corrected chi connectivity index (χ2v) is 9.68. The van der Waals surface area contributed by atoms with Crippen molar-refractivity contribution in [3.8, 4) is 17.1 Å². The molecule has 0 atom stereocenters. The number of thioether (sulfide) groups is 1. The van der Waals surface area contributed by atoms with Crippen LogP contribution in [0.4, 0.5) is 5.13 Å². The van der Waals surface area contributed by atoms with Crippen LogP contribution in [0.5, 0.6) is 0 Å². The Morgan fingerprint density at radius 2 is 1.80 bits per heavy atom. The van der Waals surface area contributed by atoms with Gasteiger partial charge in [-0.3, -0.25) is 14.3 Å². The van der Waals surface area contributed by atoms with Crippen LogP contribution in [-0.4, -0.2) is 36.4 Å². The summed E-state index contributed by atoms with van der Waals surface area (Å²) in [6.07, 6.45) is 3.47. The van der Waals surface area contributed by atoms with Gasteiger partial charge in [-0.15, -0.1) is 10.2 Å². The highest BCUT2D eigenvalue weighted by molar-refractivity contribution is 7.99. The summed E-state index contributed by atoms with van der Waals surface area (Å²) in [4.78, 5) is 21.7. The van der Waals surface area contributed by atoms with Crippen LogP contribution in [0.25, 0.3) is 38.1 Å². The van der Waals surface area contributed by atoms with Crippen LogP contribution >= 0.6 is 23.1 Å². The molecule has 3 aromatic heterocycles. The summed E-state index contributed by atoms with van der Waals surface area (Å²) in [5.74, 6) is 0.698. The topological polar surface area (TPSA) is 85.6 Å². The van der Waals surface area contributed by atoms with Crippen LogP contribution < -0.4 is 5.32 Å². The quantitative estimate of drug-likeness (QED) is 0.294. The largest absolute Gasteiger partial charge is 0.301 e. The van der Waals surface area contributed by atoms with Gasteiger partial charge in [0.15, 0.2) is 16.1 Å². The highest BCUT2D eigenvalue weighted by atomic mass is 32.2. The standard InChI is InChI=1S/C26H18N6OS2/c33-22(28-25-29-23-20-11-5-4-7-17(20)12-13-21(23)35-25)16-34-26-31-30-24(18-8-6-14-27-15-18)32(26)19-9-2-1-3-10-19/h1-15H,16H2,(H,28,29,33). The molecular formula is C26H18N6OS2. The maximum Gasteiger partial charge on any atom is 0.236 e. The summed E-state index contributed by atoms with van der Waals surface area (Å²) >= 11 is 2.80. The lowest BCUT2D eigenvalue weighted by molar-refractivity contribution is -0.113. The molecule has 7 nitrogen and oxygen atoms in total. The maximum absolute atomic E-state index is 12.8. The first kappa shape index (κ1) is 21.5. The van der Waals surface area contributed by atoms with Crippen LogP contribution in [-0.2, 0) is 4.79 Å². The SMILES string of the molecule is O=C(CSc1nnc(-c2cccnc2)n1-c1ccccc1)Nc1nc2c(ccc3ccccc32)s1. The van der Waals surface area contributed by atoms with E-state index >= 15 is 0 Å². The minimum absolute atomic E-state index is 0.149. The number of aromatic nitrogens is 5. The van der Waals surface area contributed by atoms with E-state index < -0.39 is 0 Å². The van der Waals surface area contributed by atoms with Crippen molar-refractivity contribution in [3.63, 3.8) is 0 Å². The van der Waals surface area contributed by atoms with Gasteiger partial charge in [0.05, 0.1) is 16.0 Å². The summed E-state index contributed by atoms with van der Waals surface area (Å²) in [7, 11) is 0. The third-order valence-electron chi connectivity index (χ3n) is 5.43. The monoisotopic (exact) mass is 494 g/mol. The van der Waals surface area contributed by atoms with E-state index in [0.29, 0.717) is 16.1 Å². The van der Waals surface area contributed by atoms with Crippen molar-refractivity contribution in [2.75, 3.05) is 11.1 Å². The molecule has 0 bridgehead atoms. The number of pyridine rings is 1. The van der Waals surface area contributed by atoms with E-state index in [1.807, 2.05) is 65.2 Å². The lowest BCUT2D eigenvalue weighted by Crippen LogP contribution is -2.14. The third-order valence-corrected chi connectivity index (χ3v) is 7.29. The normalized spacial score (nSPS) is 11.2. The van der Waals surface area contributed by atoms with E-state index in [1.54, 1.807) is 12.4 Å². The fourth-order valence-electron chi connectivity index (χ4n) is 3.86. The molecule has 0 fully saturated rings. The zero-order chi connectivity index (χ0) is 23.6. The number of hydrogen-bond acceptors (Lipinski definition) is 7. The molecule has 6 aromatic rings. The van der Waals surface area contributed by atoms with Gasteiger partial charge < -0.3 is 5.32 Å². The molecule has 0 aliphatic rings. The molecule has 1 amide bonds. The molecule has 9 heteroatoms. The highest BCUT2D eigenvalue weighted by Gasteiger charge is 2.18. The van der Waals surface area contributed by atoms with E-state index in [4.69, 9.17) is 0 Å². The number of fused-ring (bicyclic) bond motifs is 3. The molecule has 3 heterocycles. The van der Waals surface area contributed by atoms with E-state index in [0.717, 1.165) is 32.2 Å². The first-order chi connectivity index (χ1) is 17.3. The highest BCUT2D eigenvalue weighted by Crippen LogP contribution is 2.32. The Hall–Kier alpha value is -4.08. The third kappa shape index (κ3) is 4.27. The average Bonchev–Trinajstić information content (AvgIpc) is 3.52. The van der Waals surface area contributed by atoms with Gasteiger partial charge in [-0.1, -0.05) is 71.6 Å². The molecule has 0 unspecified atom stereocenters. The molecule has 0 saturated carbocycles. The summed E-state index contributed by atoms with van der Waals surface area (Å²) in [5, 5.41) is 15.1. The van der Waals surface area contributed by atoms with Crippen LogP contribution in [0, 0.1) is 0 Å². The van der Waals surface area contributed by atoms with E-state index in [-0.39, 0.29) is 11.7 Å². The second kappa shape index (κ2) is 9.28. The Bertz CT molecular complexity index is 1650. The van der Waals surface area contributed by atoms with E-state index in [9.17, 15) is 4.79 Å². The molecule has 6 rings (SSSR count). The molecule has 35 heavy (non-hydrogen) atoms. The fourth-order valence-corrected chi connectivity index (χ4v) is 5.51. The molecular weight excluding hydrogens is 476 g/mol. The van der Waals surface area contributed by atoms with Crippen molar-refractivity contribution in [2.24, 2.45) is 0 Å². The predicted octanol–water partition coefficient (Wildman–Crippen LogP) is 5.82. The summed E-state index contributed by atoms with van der Waals surface area (Å²) in [6, 6.07) is 25.9. The first-order valence-electron chi connectivity index (χ1n) is 10.9. The summed E-state index contributed by atoms with van der Waals surface area (Å²) in [5.41, 5.74) is 2.67. The van der Waals surface area contributed by atoms with Gasteiger partial charge in [-0.2, -0.15) is 0 Å². The number of hydrogen-bond donors (Lipinski definition) is 1. The van der Waals surface area contributed by atoms with Crippen molar-refractivity contribution in [1.29, 1.82) is 0 Å². The molecule has 0 spiro atoms. The van der Waals surface area contributed by atoms with E-state index in [2.05, 4.69) is 43.7 Å². The number of nitrogens with one attached hydrogen (secondary N) is 1. The number of nitrogens with zero attached hydrogens (tertiary/aromatic N) is 5. The minimum Gasteiger partial charge on any atom is -0.301 e. The van der Waals surface area contributed by atoms with Gasteiger partial charge in [-0.05, 0) is 35.7 Å². The van der Waals surface area contributed by atoms with Gasteiger partial charge in [0.2, 0.25) is 5.91 Å². The van der Waals surface area contributed by atoms with E-state index in [1.165, 1.54) is 23.1 Å². The molecule has 170 valence electrons. The summed E-state index contributed by atoms with van der Waals surface area (Å²) in [6.45, 7) is 0. The number of benzene rings is 3. The maximum atomic E-state index is 12.8. The Morgan fingerprint density at radius 1 is 0.943 bits per heavy atom. The molecule has 0 aliphatic carbocycles. The Kier molecular flexibility index (Phi) is 5.69. The van der Waals surface area contributed by atoms with Gasteiger partial charge in [0, 0.05) is 29.0 Å². The number of rotatable bonds is 6. The lowest BCUT2D eigenvalue weighted by atomic mass is 10.1. The molecule has 1 N–H and O–H groups in total. The number of para-hydroxylation sites is 1. The van der Waals surface area contributed by atoms with Crippen LogP contribution in [0.3, 0.4) is 0 Å². The van der Waals surface area contributed by atoms with Crippen molar-refractivity contribution in [1.82, 2.24) is 24.7 Å². The number of carbonyl (C=O) groups excluding carboxylic acids is 1. The zero-order valence-corrected chi connectivity index (χ0v) is 20.0. The number of thiazole rings is 1. The van der Waals surface area contributed by atoms with Crippen molar-refractivity contribution in [3.05, 3.63) is 91.3 Å². The molecule has 0 saturated heterocycles. The fraction of sp³-hybridized carbons (Fsp3) is 0.0385. The molecule has 0 aliphatic heterocycles. The number of anilines is 1. The zero-order valence-electron chi connectivity index (χ0n) is 18.3. The number of amides is 1. The van der Waals surface area contributed by atoms with Gasteiger partial charge in [0.25, 0.3) is 0 Å². The predicted molar refractivity (Wildman–Crippen MR) is 141 cm³/mol. The van der Waals surface area contributed by atoms with Gasteiger partial charge >= 0.3 is 0 Å². The van der Waals surface area contributed by atoms with Crippen molar-refractivity contribution in [2.45, 2.75) is 5.16 Å². The average molecular weight is 495 g/mol. The van der Waals surface area contributed by atoms with Crippen molar-refractivity contribution >= 4 is 55.1 Å². The number of carbonyl (C=O) groups is 1. The Balaban J connectivity index is 1.24. The Labute approximate surface area is 208 Å². The first-order valence-corrected chi connectivity index (χ1v) is 12.7. The van der Waals surface area contributed by atoms with Crippen LogP contribution in [0.15, 0.2) is 96.4 Å². The second-order valence-electron chi connectivity index (χ2n) is 7.71. The smallest absolute Gasteiger partial charge is 0.236 e. The Morgan fingerprint density at radius 3 is 2.66 bits per heavy atom. The minimum atomic E-state index is -0.149. The van der Waals surface area contributed by atoms with Crippen LogP contribution in [0.1, 0.15) is 0 Å².